The van der Waals surface area contributed by atoms with Crippen molar-refractivity contribution in [1.82, 2.24) is 5.32 Å². The lowest BCUT2D eigenvalue weighted by Crippen LogP contribution is -2.39. The quantitative estimate of drug-likeness (QED) is 0.178. The van der Waals surface area contributed by atoms with Gasteiger partial charge in [-0.05, 0) is 40.8 Å². The van der Waals surface area contributed by atoms with Crippen LogP contribution in [0.1, 0.15) is 54.4 Å². The Morgan fingerprint density at radius 1 is 1.07 bits per heavy atom. The molecule has 160 valence electrons. The fourth-order valence-corrected chi connectivity index (χ4v) is 2.42. The molecular weight excluding hydrogens is 465 g/mol. The number of alkyl carbamates (subject to hydrolysis) is 1. The molecule has 0 aromatic rings. The van der Waals surface area contributed by atoms with E-state index in [0.717, 1.165) is 12.8 Å². The number of nitrogens with one attached hydrogen (secondary N) is 1. The highest BCUT2D eigenvalue weighted by molar-refractivity contribution is 14.1. The Balaban J connectivity index is 4.29. The van der Waals surface area contributed by atoms with Crippen LogP contribution in [0, 0.1) is 11.3 Å². The zero-order valence-electron chi connectivity index (χ0n) is 17.5. The third-order valence-electron chi connectivity index (χ3n) is 3.93. The third-order valence-corrected chi connectivity index (χ3v) is 5.09. The summed E-state index contributed by atoms with van der Waals surface area (Å²) in [6.07, 6.45) is 0.680. The van der Waals surface area contributed by atoms with Crippen molar-refractivity contribution in [3.8, 4) is 0 Å². The molecule has 7 nitrogen and oxygen atoms in total. The number of esters is 1. The highest BCUT2D eigenvalue weighted by Gasteiger charge is 2.28. The molecule has 0 aliphatic rings. The van der Waals surface area contributed by atoms with Crippen LogP contribution in [0.3, 0.4) is 0 Å². The lowest BCUT2D eigenvalue weighted by Gasteiger charge is -2.25. The molecular formula is C19H36INO6. The van der Waals surface area contributed by atoms with E-state index >= 15 is 0 Å². The molecule has 0 fully saturated rings. The van der Waals surface area contributed by atoms with Gasteiger partial charge in [-0.15, -0.1) is 0 Å². The summed E-state index contributed by atoms with van der Waals surface area (Å²) in [5, 5.41) is 2.59. The standard InChI is InChI=1S/C19H36INO6/c1-7-10-24-13-15(16(20)25-11-8-2)27-18(23)21-9-12-26-17(22)14(3)19(4,5)6/h14-16H,7-13H2,1-6H3,(H,21,23). The molecule has 0 saturated heterocycles. The minimum Gasteiger partial charge on any atom is -0.464 e. The normalized spacial score (nSPS) is 14.9. The Kier molecular flexibility index (Phi) is 14.1. The third kappa shape index (κ3) is 12.5. The van der Waals surface area contributed by atoms with Crippen LogP contribution in [0.5, 0.6) is 0 Å². The van der Waals surface area contributed by atoms with Crippen LogP contribution < -0.4 is 5.32 Å². The van der Waals surface area contributed by atoms with Crippen LogP contribution in [0.2, 0.25) is 0 Å². The molecule has 0 bridgehead atoms. The second kappa shape index (κ2) is 14.4. The van der Waals surface area contributed by atoms with Gasteiger partial charge in [0.15, 0.2) is 6.10 Å². The van der Waals surface area contributed by atoms with E-state index < -0.39 is 12.2 Å². The van der Waals surface area contributed by atoms with Gasteiger partial charge in [0.1, 0.15) is 10.7 Å². The number of halogens is 1. The van der Waals surface area contributed by atoms with Gasteiger partial charge in [0.05, 0.1) is 19.1 Å². The lowest BCUT2D eigenvalue weighted by atomic mass is 9.82. The Morgan fingerprint density at radius 3 is 2.26 bits per heavy atom. The van der Waals surface area contributed by atoms with Crippen molar-refractivity contribution in [2.75, 3.05) is 33.0 Å². The molecule has 0 aromatic heterocycles. The van der Waals surface area contributed by atoms with Crippen molar-refractivity contribution in [1.29, 1.82) is 0 Å². The van der Waals surface area contributed by atoms with Gasteiger partial charge < -0.3 is 24.3 Å². The highest BCUT2D eigenvalue weighted by atomic mass is 127. The van der Waals surface area contributed by atoms with Gasteiger partial charge in [0, 0.05) is 13.2 Å². The Morgan fingerprint density at radius 2 is 1.70 bits per heavy atom. The van der Waals surface area contributed by atoms with E-state index in [4.69, 9.17) is 18.9 Å². The summed E-state index contributed by atoms with van der Waals surface area (Å²) in [4.78, 5) is 24.0. The maximum Gasteiger partial charge on any atom is 0.407 e. The number of carbonyl (C=O) groups is 2. The molecule has 0 aliphatic carbocycles. The SMILES string of the molecule is CCCOCC(OC(=O)NCCOC(=O)C(C)C(C)(C)C)C(I)OCCC. The minimum absolute atomic E-state index is 0.103. The molecule has 1 amide bonds. The molecule has 0 aromatic carbocycles. The summed E-state index contributed by atoms with van der Waals surface area (Å²) in [7, 11) is 0. The molecule has 1 N–H and O–H groups in total. The first-order chi connectivity index (χ1) is 12.6. The number of ether oxygens (including phenoxy) is 4. The van der Waals surface area contributed by atoms with E-state index in [1.165, 1.54) is 0 Å². The molecule has 3 unspecified atom stereocenters. The smallest absolute Gasteiger partial charge is 0.407 e. The Bertz CT molecular complexity index is 427. The summed E-state index contributed by atoms with van der Waals surface area (Å²) in [5.41, 5.74) is -0.164. The van der Waals surface area contributed by atoms with E-state index in [2.05, 4.69) is 27.9 Å². The van der Waals surface area contributed by atoms with Gasteiger partial charge in [-0.2, -0.15) is 0 Å². The fourth-order valence-electron chi connectivity index (χ4n) is 1.81. The van der Waals surface area contributed by atoms with E-state index in [-0.39, 0.29) is 41.2 Å². The molecule has 3 atom stereocenters. The highest BCUT2D eigenvalue weighted by Crippen LogP contribution is 2.26. The number of amides is 1. The zero-order chi connectivity index (χ0) is 20.9. The topological polar surface area (TPSA) is 83.1 Å². The van der Waals surface area contributed by atoms with Crippen LogP contribution in [-0.4, -0.2) is 55.2 Å². The van der Waals surface area contributed by atoms with E-state index in [1.807, 2.05) is 41.5 Å². The predicted molar refractivity (Wildman–Crippen MR) is 113 cm³/mol. The maximum absolute atomic E-state index is 12.0. The number of rotatable bonds is 13. The van der Waals surface area contributed by atoms with Crippen molar-refractivity contribution in [2.24, 2.45) is 11.3 Å². The monoisotopic (exact) mass is 501 g/mol. The minimum atomic E-state index is -0.582. The molecule has 27 heavy (non-hydrogen) atoms. The van der Waals surface area contributed by atoms with Crippen LogP contribution in [0.25, 0.3) is 0 Å². The molecule has 0 saturated carbocycles. The van der Waals surface area contributed by atoms with Gasteiger partial charge in [-0.25, -0.2) is 4.79 Å². The van der Waals surface area contributed by atoms with Crippen molar-refractivity contribution in [3.05, 3.63) is 0 Å². The number of hydrogen-bond donors (Lipinski definition) is 1. The number of carbonyl (C=O) groups excluding carboxylic acids is 2. The Hall–Kier alpha value is -0.610. The fraction of sp³-hybridized carbons (Fsp3) is 0.895. The first-order valence-corrected chi connectivity index (χ1v) is 10.8. The molecule has 0 spiro atoms. The number of alkyl halides is 1. The van der Waals surface area contributed by atoms with E-state index in [9.17, 15) is 9.59 Å². The molecule has 0 aliphatic heterocycles. The first kappa shape index (κ1) is 26.4. The molecule has 0 rings (SSSR count). The second-order valence-corrected chi connectivity index (χ2v) is 8.65. The molecule has 8 heteroatoms. The second-order valence-electron chi connectivity index (χ2n) is 7.42. The maximum atomic E-state index is 12.0. The Labute approximate surface area is 177 Å². The van der Waals surface area contributed by atoms with Crippen molar-refractivity contribution < 1.29 is 28.5 Å². The van der Waals surface area contributed by atoms with Crippen molar-refractivity contribution in [2.45, 2.75) is 64.6 Å². The van der Waals surface area contributed by atoms with Gasteiger partial charge in [-0.3, -0.25) is 4.79 Å². The lowest BCUT2D eigenvalue weighted by molar-refractivity contribution is -0.151. The van der Waals surface area contributed by atoms with Crippen LogP contribution in [0.15, 0.2) is 0 Å². The summed E-state index contributed by atoms with van der Waals surface area (Å²) in [6, 6.07) is 0. The molecule has 0 heterocycles. The van der Waals surface area contributed by atoms with E-state index in [1.54, 1.807) is 0 Å². The van der Waals surface area contributed by atoms with E-state index in [0.29, 0.717) is 13.2 Å². The van der Waals surface area contributed by atoms with Crippen LogP contribution in [0.4, 0.5) is 4.79 Å². The summed E-state index contributed by atoms with van der Waals surface area (Å²) in [5.74, 6) is -0.496. The zero-order valence-corrected chi connectivity index (χ0v) is 19.7. The van der Waals surface area contributed by atoms with Crippen LogP contribution in [-0.2, 0) is 23.7 Å². The first-order valence-electron chi connectivity index (χ1n) is 9.57. The van der Waals surface area contributed by atoms with Gasteiger partial charge in [0.2, 0.25) is 0 Å². The summed E-state index contributed by atoms with van der Waals surface area (Å²) < 4.78 is 21.5. The van der Waals surface area contributed by atoms with Crippen LogP contribution >= 0.6 is 22.6 Å². The van der Waals surface area contributed by atoms with Gasteiger partial charge in [0.25, 0.3) is 0 Å². The average Bonchev–Trinajstić information content (AvgIpc) is 2.60. The van der Waals surface area contributed by atoms with Crippen molar-refractivity contribution in [3.63, 3.8) is 0 Å². The summed E-state index contributed by atoms with van der Waals surface area (Å²) in [6.45, 7) is 13.6. The summed E-state index contributed by atoms with van der Waals surface area (Å²) >= 11 is 2.10. The van der Waals surface area contributed by atoms with Gasteiger partial charge in [-0.1, -0.05) is 41.5 Å². The molecule has 0 radical (unpaired) electrons. The van der Waals surface area contributed by atoms with Gasteiger partial charge >= 0.3 is 12.1 Å². The van der Waals surface area contributed by atoms with Crippen molar-refractivity contribution >= 4 is 34.7 Å². The number of hydrogen-bond acceptors (Lipinski definition) is 6. The average molecular weight is 501 g/mol. The largest absolute Gasteiger partial charge is 0.464 e. The predicted octanol–water partition coefficient (Wildman–Crippen LogP) is 3.92.